The first kappa shape index (κ1) is 33.8. The highest BCUT2D eigenvalue weighted by Crippen LogP contribution is 2.33. The molecule has 1 N–H and O–H groups in total. The van der Waals surface area contributed by atoms with Crippen molar-refractivity contribution in [2.75, 3.05) is 19.1 Å². The first-order chi connectivity index (χ1) is 21.2. The van der Waals surface area contributed by atoms with E-state index in [9.17, 15) is 18.0 Å². The molecule has 236 valence electrons. The van der Waals surface area contributed by atoms with E-state index >= 15 is 0 Å². The van der Waals surface area contributed by atoms with Crippen molar-refractivity contribution < 1.29 is 22.7 Å². The zero-order valence-corrected chi connectivity index (χ0v) is 27.7. The van der Waals surface area contributed by atoms with Crippen molar-refractivity contribution in [2.24, 2.45) is 5.92 Å². The normalized spacial score (nSPS) is 15.3. The highest BCUT2D eigenvalue weighted by atomic mass is 32.2. The van der Waals surface area contributed by atoms with Crippen molar-refractivity contribution in [1.82, 2.24) is 5.32 Å². The van der Waals surface area contributed by atoms with Gasteiger partial charge in [0.2, 0.25) is 0 Å². The monoisotopic (exact) mass is 635 g/mol. The molecule has 0 aliphatic heterocycles. The Balaban J connectivity index is 1.69. The second kappa shape index (κ2) is 16.3. The Morgan fingerprint density at radius 1 is 0.932 bits per heavy atom. The van der Waals surface area contributed by atoms with Crippen LogP contribution in [0.5, 0.6) is 0 Å². The number of sulfone groups is 1. The Morgan fingerprint density at radius 3 is 2.32 bits per heavy atom. The summed E-state index contributed by atoms with van der Waals surface area (Å²) in [7, 11) is -2.26. The molecule has 44 heavy (non-hydrogen) atoms. The van der Waals surface area contributed by atoms with Crippen LogP contribution in [0.4, 0.5) is 0 Å². The van der Waals surface area contributed by atoms with Crippen LogP contribution in [0, 0.1) is 12.8 Å². The molecule has 2 atom stereocenters. The fourth-order valence-electron chi connectivity index (χ4n) is 6.21. The van der Waals surface area contributed by atoms with E-state index in [1.807, 2.05) is 55.6 Å². The summed E-state index contributed by atoms with van der Waals surface area (Å²) in [5.41, 5.74) is 3.90. The van der Waals surface area contributed by atoms with Crippen molar-refractivity contribution >= 4 is 33.5 Å². The summed E-state index contributed by atoms with van der Waals surface area (Å²) in [6.45, 7) is 1.99. The molecule has 0 aromatic heterocycles. The molecule has 8 heteroatoms. The van der Waals surface area contributed by atoms with Crippen LogP contribution in [-0.2, 0) is 25.8 Å². The zero-order chi connectivity index (χ0) is 31.5. The standard InChI is InChI=1S/C36H45NO5S2/c1-26-12-10-11-17-31(26)33-25-28(19-21-32(33)35(38)37-34(22-23-43-3)36(39)42-2)24-30(20-18-27-13-6-4-7-14-27)44(40,41)29-15-8-5-9-16-29/h5,8-12,15-17,19,21,25,27,30,34H,4,6-7,13-14,18,20,22-24H2,1-3H3,(H,37,38)/t30?,34-/m0/s1. The van der Waals surface area contributed by atoms with Gasteiger partial charge in [-0.1, -0.05) is 86.7 Å². The third kappa shape index (κ3) is 8.75. The largest absolute Gasteiger partial charge is 0.467 e. The van der Waals surface area contributed by atoms with Gasteiger partial charge in [-0.2, -0.15) is 11.8 Å². The van der Waals surface area contributed by atoms with E-state index < -0.39 is 27.1 Å². The Labute approximate surface area is 267 Å². The van der Waals surface area contributed by atoms with Crippen molar-refractivity contribution in [2.45, 2.75) is 80.9 Å². The second-order valence-corrected chi connectivity index (χ2v) is 15.0. The fourth-order valence-corrected chi connectivity index (χ4v) is 8.46. The quantitative estimate of drug-likeness (QED) is 0.185. The minimum Gasteiger partial charge on any atom is -0.467 e. The molecule has 0 bridgehead atoms. The van der Waals surface area contributed by atoms with E-state index in [2.05, 4.69) is 5.32 Å². The van der Waals surface area contributed by atoms with Gasteiger partial charge in [0.25, 0.3) is 5.91 Å². The van der Waals surface area contributed by atoms with Crippen LogP contribution in [0.2, 0.25) is 0 Å². The number of carbonyl (C=O) groups is 2. The number of rotatable bonds is 14. The van der Waals surface area contributed by atoms with Crippen molar-refractivity contribution in [3.8, 4) is 11.1 Å². The van der Waals surface area contributed by atoms with Crippen LogP contribution in [0.15, 0.2) is 77.7 Å². The molecule has 1 unspecified atom stereocenters. The van der Waals surface area contributed by atoms with Gasteiger partial charge in [-0.15, -0.1) is 0 Å². The van der Waals surface area contributed by atoms with Gasteiger partial charge in [0, 0.05) is 5.56 Å². The maximum atomic E-state index is 14.0. The molecule has 0 radical (unpaired) electrons. The summed E-state index contributed by atoms with van der Waals surface area (Å²) < 4.78 is 32.9. The first-order valence-corrected chi connectivity index (χ1v) is 18.5. The van der Waals surface area contributed by atoms with Gasteiger partial charge in [-0.25, -0.2) is 13.2 Å². The second-order valence-electron chi connectivity index (χ2n) is 11.8. The van der Waals surface area contributed by atoms with E-state index in [4.69, 9.17) is 4.74 Å². The third-order valence-corrected chi connectivity index (χ3v) is 11.6. The predicted octanol–water partition coefficient (Wildman–Crippen LogP) is 7.43. The highest BCUT2D eigenvalue weighted by molar-refractivity contribution is 7.98. The van der Waals surface area contributed by atoms with Gasteiger partial charge in [0.1, 0.15) is 6.04 Å². The highest BCUT2D eigenvalue weighted by Gasteiger charge is 2.30. The number of methoxy groups -OCH3 is 1. The van der Waals surface area contributed by atoms with E-state index in [1.165, 1.54) is 39.2 Å². The lowest BCUT2D eigenvalue weighted by Gasteiger charge is -2.25. The smallest absolute Gasteiger partial charge is 0.328 e. The minimum absolute atomic E-state index is 0.350. The number of hydrogen-bond acceptors (Lipinski definition) is 6. The number of aryl methyl sites for hydroxylation is 1. The Bertz CT molecular complexity index is 1500. The van der Waals surface area contributed by atoms with Gasteiger partial charge < -0.3 is 10.1 Å². The third-order valence-electron chi connectivity index (χ3n) is 8.76. The van der Waals surface area contributed by atoms with E-state index in [-0.39, 0.29) is 5.91 Å². The number of carbonyl (C=O) groups excluding carboxylic acids is 2. The molecule has 1 amide bonds. The van der Waals surface area contributed by atoms with Gasteiger partial charge >= 0.3 is 5.97 Å². The van der Waals surface area contributed by atoms with Crippen LogP contribution in [0.3, 0.4) is 0 Å². The zero-order valence-electron chi connectivity index (χ0n) is 26.1. The van der Waals surface area contributed by atoms with Gasteiger partial charge in [-0.05, 0) is 91.0 Å². The Kier molecular flexibility index (Phi) is 12.5. The fraction of sp³-hybridized carbons (Fsp3) is 0.444. The molecule has 0 spiro atoms. The summed E-state index contributed by atoms with van der Waals surface area (Å²) in [4.78, 5) is 26.5. The van der Waals surface area contributed by atoms with Gasteiger partial charge in [0.05, 0.1) is 17.3 Å². The van der Waals surface area contributed by atoms with Crippen molar-refractivity contribution in [1.29, 1.82) is 0 Å². The van der Waals surface area contributed by atoms with Crippen LogP contribution >= 0.6 is 11.8 Å². The molecule has 1 saturated carbocycles. The summed E-state index contributed by atoms with van der Waals surface area (Å²) in [5, 5.41) is 2.31. The molecular weight excluding hydrogens is 591 g/mol. The summed E-state index contributed by atoms with van der Waals surface area (Å²) >= 11 is 1.60. The van der Waals surface area contributed by atoms with Crippen LogP contribution < -0.4 is 5.32 Å². The molecular formula is C36H45NO5S2. The molecule has 0 saturated heterocycles. The molecule has 3 aromatic rings. The van der Waals surface area contributed by atoms with Gasteiger partial charge in [-0.3, -0.25) is 4.79 Å². The Hall–Kier alpha value is -3.10. The lowest BCUT2D eigenvalue weighted by molar-refractivity contribution is -0.142. The average molecular weight is 636 g/mol. The molecule has 1 aliphatic carbocycles. The SMILES string of the molecule is COC(=O)[C@H](CCSC)NC(=O)c1ccc(CC(CCC2CCCCC2)S(=O)(=O)c2ccccc2)cc1-c1ccccc1C. The average Bonchev–Trinajstić information content (AvgIpc) is 3.05. The molecule has 0 heterocycles. The Morgan fingerprint density at radius 2 is 1.64 bits per heavy atom. The van der Waals surface area contributed by atoms with E-state index in [0.29, 0.717) is 41.4 Å². The van der Waals surface area contributed by atoms with Crippen LogP contribution in [0.25, 0.3) is 11.1 Å². The minimum atomic E-state index is -3.58. The molecule has 6 nitrogen and oxygen atoms in total. The van der Waals surface area contributed by atoms with Gasteiger partial charge in [0.15, 0.2) is 9.84 Å². The maximum Gasteiger partial charge on any atom is 0.328 e. The topological polar surface area (TPSA) is 89.5 Å². The molecule has 1 aliphatic rings. The van der Waals surface area contributed by atoms with Crippen molar-refractivity contribution in [3.63, 3.8) is 0 Å². The maximum absolute atomic E-state index is 14.0. The lowest BCUT2D eigenvalue weighted by Crippen LogP contribution is -2.42. The molecule has 4 rings (SSSR count). The number of ether oxygens (including phenoxy) is 1. The van der Waals surface area contributed by atoms with Crippen LogP contribution in [0.1, 0.15) is 72.9 Å². The number of esters is 1. The summed E-state index contributed by atoms with van der Waals surface area (Å²) in [6, 6.07) is 21.4. The lowest BCUT2D eigenvalue weighted by atomic mass is 9.85. The number of benzene rings is 3. The summed E-state index contributed by atoms with van der Waals surface area (Å²) in [5.74, 6) is 0.423. The number of hydrogen-bond donors (Lipinski definition) is 1. The summed E-state index contributed by atoms with van der Waals surface area (Å²) in [6.07, 6.45) is 10.3. The van der Waals surface area contributed by atoms with E-state index in [1.54, 1.807) is 42.1 Å². The van der Waals surface area contributed by atoms with Crippen LogP contribution in [-0.4, -0.2) is 50.7 Å². The van der Waals surface area contributed by atoms with Crippen molar-refractivity contribution in [3.05, 3.63) is 89.5 Å². The number of amides is 1. The first-order valence-electron chi connectivity index (χ1n) is 15.6. The number of thioether (sulfide) groups is 1. The predicted molar refractivity (Wildman–Crippen MR) is 180 cm³/mol. The molecule has 1 fully saturated rings. The van der Waals surface area contributed by atoms with E-state index in [0.717, 1.165) is 28.7 Å². The number of nitrogens with one attached hydrogen (secondary N) is 1. The molecule has 3 aromatic carbocycles.